The van der Waals surface area contributed by atoms with Crippen molar-refractivity contribution in [3.05, 3.63) is 64.7 Å². The van der Waals surface area contributed by atoms with E-state index < -0.39 is 17.7 Å². The summed E-state index contributed by atoms with van der Waals surface area (Å²) in [6, 6.07) is 12.2. The van der Waals surface area contributed by atoms with Crippen molar-refractivity contribution in [2.45, 2.75) is 51.7 Å². The summed E-state index contributed by atoms with van der Waals surface area (Å²) in [7, 11) is 3.95. The van der Waals surface area contributed by atoms with Gasteiger partial charge in [0.05, 0.1) is 18.2 Å². The highest BCUT2D eigenvalue weighted by Crippen LogP contribution is 2.41. The summed E-state index contributed by atoms with van der Waals surface area (Å²) in [6.07, 6.45) is 3.47. The Kier molecular flexibility index (Phi) is 7.99. The Labute approximate surface area is 213 Å². The molecule has 0 radical (unpaired) electrons. The van der Waals surface area contributed by atoms with E-state index in [1.165, 1.54) is 0 Å². The molecule has 1 fully saturated rings. The molecule has 0 aliphatic carbocycles. The fraction of sp³-hybridized carbons (Fsp3) is 0.448. The fourth-order valence-electron chi connectivity index (χ4n) is 4.85. The number of ether oxygens (including phenoxy) is 2. The molecule has 2 heterocycles. The first-order valence-electron chi connectivity index (χ1n) is 12.8. The highest BCUT2D eigenvalue weighted by molar-refractivity contribution is 6.46. The predicted molar refractivity (Wildman–Crippen MR) is 139 cm³/mol. The number of nitrogens with zero attached hydrogens (tertiary/aromatic N) is 2. The van der Waals surface area contributed by atoms with Gasteiger partial charge in [0.1, 0.15) is 23.4 Å². The fourth-order valence-corrected chi connectivity index (χ4v) is 4.85. The third-order valence-corrected chi connectivity index (χ3v) is 6.65. The second kappa shape index (κ2) is 11.2. The number of benzene rings is 2. The van der Waals surface area contributed by atoms with E-state index in [1.54, 1.807) is 11.0 Å². The molecule has 1 N–H and O–H groups in total. The van der Waals surface area contributed by atoms with Crippen LogP contribution in [0.25, 0.3) is 5.76 Å². The van der Waals surface area contributed by atoms with Gasteiger partial charge in [0, 0.05) is 18.5 Å². The van der Waals surface area contributed by atoms with Gasteiger partial charge in [-0.2, -0.15) is 0 Å². The molecular weight excluding hydrogens is 456 g/mol. The van der Waals surface area contributed by atoms with Gasteiger partial charge in [0.2, 0.25) is 0 Å². The average molecular weight is 493 g/mol. The van der Waals surface area contributed by atoms with E-state index in [2.05, 4.69) is 6.92 Å². The minimum atomic E-state index is -0.690. The van der Waals surface area contributed by atoms with Crippen molar-refractivity contribution in [3.63, 3.8) is 0 Å². The van der Waals surface area contributed by atoms with Crippen LogP contribution in [0.15, 0.2) is 48.0 Å². The molecule has 0 spiro atoms. The van der Waals surface area contributed by atoms with Crippen molar-refractivity contribution in [1.29, 1.82) is 0 Å². The van der Waals surface area contributed by atoms with E-state index in [0.717, 1.165) is 42.7 Å². The van der Waals surface area contributed by atoms with Crippen molar-refractivity contribution in [2.24, 2.45) is 0 Å². The summed E-state index contributed by atoms with van der Waals surface area (Å²) in [5.41, 5.74) is 2.35. The summed E-state index contributed by atoms with van der Waals surface area (Å²) in [5.74, 6) is 0.0637. The standard InChI is InChI=1S/C29H36N2O5/c1-5-6-15-35-23-10-7-9-20(18-23)26-25(28(33)29(34)31(26)14-8-13-30(3)4)27(32)21-11-12-24-22(17-21)16-19(2)36-24/h7,9-12,17-19,26,32H,5-6,8,13-16H2,1-4H3/b27-25-. The van der Waals surface area contributed by atoms with E-state index in [4.69, 9.17) is 9.47 Å². The number of Topliss-reactive ketones (excluding diaryl/α,β-unsaturated/α-hetero) is 1. The lowest BCUT2D eigenvalue weighted by Crippen LogP contribution is -2.32. The first kappa shape index (κ1) is 25.8. The minimum Gasteiger partial charge on any atom is -0.507 e. The predicted octanol–water partition coefficient (Wildman–Crippen LogP) is 4.56. The molecule has 7 nitrogen and oxygen atoms in total. The highest BCUT2D eigenvalue weighted by atomic mass is 16.5. The monoisotopic (exact) mass is 492 g/mol. The summed E-state index contributed by atoms with van der Waals surface area (Å²) < 4.78 is 11.7. The molecule has 36 heavy (non-hydrogen) atoms. The van der Waals surface area contributed by atoms with Gasteiger partial charge >= 0.3 is 0 Å². The van der Waals surface area contributed by atoms with E-state index >= 15 is 0 Å². The number of ketones is 1. The number of rotatable bonds is 10. The van der Waals surface area contributed by atoms with Crippen LogP contribution in [0.4, 0.5) is 0 Å². The molecular formula is C29H36N2O5. The minimum absolute atomic E-state index is 0.0649. The first-order valence-corrected chi connectivity index (χ1v) is 12.8. The third kappa shape index (κ3) is 5.41. The molecule has 2 aliphatic rings. The Morgan fingerprint density at radius 3 is 2.72 bits per heavy atom. The number of hydrogen-bond acceptors (Lipinski definition) is 6. The molecule has 0 aromatic heterocycles. The number of hydrogen-bond donors (Lipinski definition) is 1. The van der Waals surface area contributed by atoms with Gasteiger partial charge in [-0.15, -0.1) is 0 Å². The van der Waals surface area contributed by atoms with Crippen LogP contribution in [0, 0.1) is 0 Å². The molecule has 2 atom stereocenters. The Morgan fingerprint density at radius 2 is 1.97 bits per heavy atom. The van der Waals surface area contributed by atoms with E-state index in [-0.39, 0.29) is 17.4 Å². The molecule has 2 aromatic carbocycles. The van der Waals surface area contributed by atoms with Crippen LogP contribution in [-0.4, -0.2) is 66.5 Å². The topological polar surface area (TPSA) is 79.3 Å². The van der Waals surface area contributed by atoms with Crippen LogP contribution < -0.4 is 9.47 Å². The largest absolute Gasteiger partial charge is 0.507 e. The smallest absolute Gasteiger partial charge is 0.295 e. The van der Waals surface area contributed by atoms with Gasteiger partial charge in [-0.05, 0) is 81.9 Å². The highest BCUT2D eigenvalue weighted by Gasteiger charge is 2.46. The second-order valence-electron chi connectivity index (χ2n) is 9.88. The number of carbonyl (C=O) groups excluding carboxylic acids is 2. The quantitative estimate of drug-likeness (QED) is 0.227. The normalized spacial score (nSPS) is 20.6. The third-order valence-electron chi connectivity index (χ3n) is 6.65. The van der Waals surface area contributed by atoms with Crippen molar-refractivity contribution < 1.29 is 24.2 Å². The Bertz CT molecular complexity index is 1160. The molecule has 192 valence electrons. The lowest BCUT2D eigenvalue weighted by Gasteiger charge is -2.26. The van der Waals surface area contributed by atoms with Gasteiger partial charge in [-0.1, -0.05) is 25.5 Å². The number of amides is 1. The van der Waals surface area contributed by atoms with Gasteiger partial charge in [-0.3, -0.25) is 9.59 Å². The van der Waals surface area contributed by atoms with Crippen LogP contribution in [0.3, 0.4) is 0 Å². The average Bonchev–Trinajstić information content (AvgIpc) is 3.34. The zero-order valence-corrected chi connectivity index (χ0v) is 21.6. The summed E-state index contributed by atoms with van der Waals surface area (Å²) in [5, 5.41) is 11.4. The molecule has 2 unspecified atom stereocenters. The van der Waals surface area contributed by atoms with E-state index in [9.17, 15) is 14.7 Å². The maximum atomic E-state index is 13.3. The Hall–Kier alpha value is -3.32. The zero-order valence-electron chi connectivity index (χ0n) is 21.6. The van der Waals surface area contributed by atoms with Gasteiger partial charge in [0.15, 0.2) is 0 Å². The summed E-state index contributed by atoms with van der Waals surface area (Å²) in [6.45, 7) is 5.87. The van der Waals surface area contributed by atoms with Crippen LogP contribution >= 0.6 is 0 Å². The van der Waals surface area contributed by atoms with Crippen molar-refractivity contribution >= 4 is 17.4 Å². The number of unbranched alkanes of at least 4 members (excludes halogenated alkanes) is 1. The van der Waals surface area contributed by atoms with Crippen molar-refractivity contribution in [3.8, 4) is 11.5 Å². The Balaban J connectivity index is 1.75. The van der Waals surface area contributed by atoms with Crippen molar-refractivity contribution in [2.75, 3.05) is 33.8 Å². The lowest BCUT2D eigenvalue weighted by molar-refractivity contribution is -0.139. The Morgan fingerprint density at radius 1 is 1.17 bits per heavy atom. The second-order valence-corrected chi connectivity index (χ2v) is 9.88. The number of fused-ring (bicyclic) bond motifs is 1. The van der Waals surface area contributed by atoms with Gasteiger partial charge in [-0.25, -0.2) is 0 Å². The van der Waals surface area contributed by atoms with Crippen molar-refractivity contribution in [1.82, 2.24) is 9.80 Å². The SMILES string of the molecule is CCCCOc1cccc(C2/C(=C(/O)c3ccc4c(c3)CC(C)O4)C(=O)C(=O)N2CCCN(C)C)c1. The van der Waals surface area contributed by atoms with Crippen LogP contribution in [0.1, 0.15) is 55.8 Å². The van der Waals surface area contributed by atoms with Gasteiger partial charge in [0.25, 0.3) is 11.7 Å². The summed E-state index contributed by atoms with van der Waals surface area (Å²) in [4.78, 5) is 30.1. The maximum Gasteiger partial charge on any atom is 0.295 e. The van der Waals surface area contributed by atoms with Gasteiger partial charge < -0.3 is 24.4 Å². The number of carbonyl (C=O) groups is 2. The molecule has 0 saturated carbocycles. The van der Waals surface area contributed by atoms with E-state index in [1.807, 2.05) is 62.3 Å². The van der Waals surface area contributed by atoms with E-state index in [0.29, 0.717) is 30.9 Å². The first-order chi connectivity index (χ1) is 17.3. The van der Waals surface area contributed by atoms with Crippen LogP contribution in [0.5, 0.6) is 11.5 Å². The summed E-state index contributed by atoms with van der Waals surface area (Å²) >= 11 is 0. The molecule has 0 bridgehead atoms. The number of likely N-dealkylation sites (tertiary alicyclic amines) is 1. The molecule has 2 aromatic rings. The number of aliphatic hydroxyl groups is 1. The molecule has 2 aliphatic heterocycles. The van der Waals surface area contributed by atoms with Crippen LogP contribution in [0.2, 0.25) is 0 Å². The lowest BCUT2D eigenvalue weighted by atomic mass is 9.94. The maximum absolute atomic E-state index is 13.3. The molecule has 1 saturated heterocycles. The zero-order chi connectivity index (χ0) is 25.8. The molecule has 4 rings (SSSR count). The number of aliphatic hydroxyl groups excluding tert-OH is 1. The molecule has 7 heteroatoms. The van der Waals surface area contributed by atoms with Crippen LogP contribution in [-0.2, 0) is 16.0 Å². The molecule has 1 amide bonds.